The van der Waals surface area contributed by atoms with E-state index in [4.69, 9.17) is 11.0 Å². The third-order valence-electron chi connectivity index (χ3n) is 2.96. The van der Waals surface area contributed by atoms with E-state index < -0.39 is 0 Å². The van der Waals surface area contributed by atoms with Crippen LogP contribution >= 0.6 is 0 Å². The van der Waals surface area contributed by atoms with E-state index in [9.17, 15) is 4.79 Å². The molecule has 0 unspecified atom stereocenters. The molecule has 1 saturated carbocycles. The summed E-state index contributed by atoms with van der Waals surface area (Å²) < 4.78 is 1.74. The van der Waals surface area contributed by atoms with Crippen molar-refractivity contribution in [2.75, 3.05) is 12.3 Å². The van der Waals surface area contributed by atoms with Gasteiger partial charge >= 0.3 is 0 Å². The molecule has 1 aliphatic carbocycles. The van der Waals surface area contributed by atoms with Gasteiger partial charge in [-0.2, -0.15) is 5.26 Å². The molecule has 1 amide bonds. The quantitative estimate of drug-likeness (QED) is 0.845. The standard InChI is InChI=1S/C12H16N4O/c1-15-8-9(14)7-11(15)12(17)16(6-2-5-13)10-3-4-10/h7-8,10H,2-4,6,14H2,1H3. The first-order chi connectivity index (χ1) is 8.13. The van der Waals surface area contributed by atoms with Crippen LogP contribution in [-0.4, -0.2) is 28.0 Å². The Kier molecular flexibility index (Phi) is 3.05. The average molecular weight is 232 g/mol. The summed E-state index contributed by atoms with van der Waals surface area (Å²) in [6, 6.07) is 4.08. The van der Waals surface area contributed by atoms with Gasteiger partial charge in [0.15, 0.2) is 0 Å². The number of aromatic nitrogens is 1. The summed E-state index contributed by atoms with van der Waals surface area (Å²) in [6.45, 7) is 0.505. The van der Waals surface area contributed by atoms with E-state index in [1.807, 2.05) is 0 Å². The highest BCUT2D eigenvalue weighted by molar-refractivity contribution is 5.94. The molecule has 1 aromatic rings. The fourth-order valence-electron chi connectivity index (χ4n) is 1.96. The maximum atomic E-state index is 12.3. The topological polar surface area (TPSA) is 75.0 Å². The van der Waals surface area contributed by atoms with Crippen molar-refractivity contribution >= 4 is 11.6 Å². The van der Waals surface area contributed by atoms with Crippen LogP contribution < -0.4 is 5.73 Å². The SMILES string of the molecule is Cn1cc(N)cc1C(=O)N(CCC#N)C1CC1. The van der Waals surface area contributed by atoms with Gasteiger partial charge in [0, 0.05) is 25.8 Å². The highest BCUT2D eigenvalue weighted by Crippen LogP contribution is 2.28. The van der Waals surface area contributed by atoms with Crippen molar-refractivity contribution in [1.82, 2.24) is 9.47 Å². The van der Waals surface area contributed by atoms with E-state index in [0.29, 0.717) is 30.4 Å². The van der Waals surface area contributed by atoms with Crippen molar-refractivity contribution in [2.24, 2.45) is 7.05 Å². The number of amides is 1. The maximum absolute atomic E-state index is 12.3. The molecule has 1 aliphatic rings. The Morgan fingerprint density at radius 1 is 1.71 bits per heavy atom. The molecule has 0 aliphatic heterocycles. The predicted octanol–water partition coefficient (Wildman–Crippen LogP) is 1.13. The van der Waals surface area contributed by atoms with E-state index in [1.54, 1.807) is 28.8 Å². The molecule has 1 heterocycles. The molecule has 0 radical (unpaired) electrons. The molecule has 0 spiro atoms. The lowest BCUT2D eigenvalue weighted by molar-refractivity contribution is 0.0737. The van der Waals surface area contributed by atoms with Crippen LogP contribution in [0.2, 0.25) is 0 Å². The monoisotopic (exact) mass is 232 g/mol. The van der Waals surface area contributed by atoms with E-state index >= 15 is 0 Å². The van der Waals surface area contributed by atoms with Crippen molar-refractivity contribution in [2.45, 2.75) is 25.3 Å². The zero-order chi connectivity index (χ0) is 12.4. The molecule has 0 bridgehead atoms. The molecule has 17 heavy (non-hydrogen) atoms. The van der Waals surface area contributed by atoms with Gasteiger partial charge in [0.2, 0.25) is 0 Å². The second-order valence-electron chi connectivity index (χ2n) is 4.41. The predicted molar refractivity (Wildman–Crippen MR) is 64.1 cm³/mol. The third-order valence-corrected chi connectivity index (χ3v) is 2.96. The van der Waals surface area contributed by atoms with E-state index in [0.717, 1.165) is 12.8 Å². The lowest BCUT2D eigenvalue weighted by Gasteiger charge is -2.21. The summed E-state index contributed by atoms with van der Waals surface area (Å²) >= 11 is 0. The van der Waals surface area contributed by atoms with Gasteiger partial charge in [0.1, 0.15) is 5.69 Å². The first-order valence-electron chi connectivity index (χ1n) is 5.73. The molecule has 2 N–H and O–H groups in total. The van der Waals surface area contributed by atoms with Gasteiger partial charge < -0.3 is 15.2 Å². The highest BCUT2D eigenvalue weighted by Gasteiger charge is 2.33. The average Bonchev–Trinajstić information content (AvgIpc) is 3.05. The summed E-state index contributed by atoms with van der Waals surface area (Å²) in [5, 5.41) is 8.62. The second-order valence-corrected chi connectivity index (χ2v) is 4.41. The summed E-state index contributed by atoms with van der Waals surface area (Å²) in [6.07, 6.45) is 4.18. The van der Waals surface area contributed by atoms with Gasteiger partial charge in [-0.15, -0.1) is 0 Å². The number of nitrogen functional groups attached to an aromatic ring is 1. The van der Waals surface area contributed by atoms with Crippen LogP contribution in [0.5, 0.6) is 0 Å². The van der Waals surface area contributed by atoms with Crippen LogP contribution in [0.15, 0.2) is 12.3 Å². The largest absolute Gasteiger partial charge is 0.397 e. The first-order valence-corrected chi connectivity index (χ1v) is 5.73. The number of nitrogens with zero attached hydrogens (tertiary/aromatic N) is 3. The highest BCUT2D eigenvalue weighted by atomic mass is 16.2. The van der Waals surface area contributed by atoms with Crippen LogP contribution in [0.25, 0.3) is 0 Å². The van der Waals surface area contributed by atoms with Crippen LogP contribution in [0, 0.1) is 11.3 Å². The first kappa shape index (κ1) is 11.5. The maximum Gasteiger partial charge on any atom is 0.270 e. The van der Waals surface area contributed by atoms with Crippen molar-refractivity contribution in [1.29, 1.82) is 5.26 Å². The molecule has 0 saturated heterocycles. The van der Waals surface area contributed by atoms with Gasteiger partial charge in [-0.25, -0.2) is 0 Å². The van der Waals surface area contributed by atoms with Crippen molar-refractivity contribution in [3.63, 3.8) is 0 Å². The van der Waals surface area contributed by atoms with Crippen LogP contribution in [0.1, 0.15) is 29.8 Å². The summed E-state index contributed by atoms with van der Waals surface area (Å²) in [7, 11) is 1.80. The number of carbonyl (C=O) groups is 1. The number of aryl methyl sites for hydroxylation is 1. The number of carbonyl (C=O) groups excluding carboxylic acids is 1. The molecule has 0 atom stereocenters. The molecule has 5 nitrogen and oxygen atoms in total. The van der Waals surface area contributed by atoms with E-state index in [1.165, 1.54) is 0 Å². The Morgan fingerprint density at radius 2 is 2.41 bits per heavy atom. The minimum atomic E-state index is -0.0260. The molecule has 2 rings (SSSR count). The summed E-state index contributed by atoms with van der Waals surface area (Å²) in [4.78, 5) is 14.1. The normalized spacial score (nSPS) is 14.4. The zero-order valence-corrected chi connectivity index (χ0v) is 9.89. The van der Waals surface area contributed by atoms with Gasteiger partial charge in [-0.05, 0) is 18.9 Å². The van der Waals surface area contributed by atoms with Gasteiger partial charge in [0.05, 0.1) is 18.2 Å². The second kappa shape index (κ2) is 4.50. The number of hydrogen-bond acceptors (Lipinski definition) is 3. The zero-order valence-electron chi connectivity index (χ0n) is 9.89. The number of anilines is 1. The van der Waals surface area contributed by atoms with Crippen molar-refractivity contribution in [3.05, 3.63) is 18.0 Å². The van der Waals surface area contributed by atoms with Crippen molar-refractivity contribution in [3.8, 4) is 6.07 Å². The smallest absolute Gasteiger partial charge is 0.270 e. The number of rotatable bonds is 4. The van der Waals surface area contributed by atoms with E-state index in [2.05, 4.69) is 6.07 Å². The Bertz CT molecular complexity index is 467. The minimum Gasteiger partial charge on any atom is -0.397 e. The lowest BCUT2D eigenvalue weighted by atomic mass is 10.3. The molecule has 0 aromatic carbocycles. The molecule has 90 valence electrons. The number of hydrogen-bond donors (Lipinski definition) is 1. The summed E-state index contributed by atoms with van der Waals surface area (Å²) in [5.74, 6) is -0.0260. The van der Waals surface area contributed by atoms with Crippen molar-refractivity contribution < 1.29 is 4.79 Å². The van der Waals surface area contributed by atoms with Crippen LogP contribution in [0.4, 0.5) is 5.69 Å². The third kappa shape index (κ3) is 2.41. The van der Waals surface area contributed by atoms with Crippen LogP contribution in [-0.2, 0) is 7.05 Å². The Balaban J connectivity index is 2.16. The fourth-order valence-corrected chi connectivity index (χ4v) is 1.96. The molecule has 1 fully saturated rings. The van der Waals surface area contributed by atoms with Gasteiger partial charge in [-0.1, -0.05) is 0 Å². The Morgan fingerprint density at radius 3 is 2.88 bits per heavy atom. The van der Waals surface area contributed by atoms with Gasteiger partial charge in [-0.3, -0.25) is 4.79 Å². The van der Waals surface area contributed by atoms with E-state index in [-0.39, 0.29) is 5.91 Å². The lowest BCUT2D eigenvalue weighted by Crippen LogP contribution is -2.34. The minimum absolute atomic E-state index is 0.0260. The molecule has 1 aromatic heterocycles. The fraction of sp³-hybridized carbons (Fsp3) is 0.500. The molecular formula is C12H16N4O. The number of nitriles is 1. The van der Waals surface area contributed by atoms with Gasteiger partial charge in [0.25, 0.3) is 5.91 Å². The number of nitrogens with two attached hydrogens (primary N) is 1. The molecular weight excluding hydrogens is 216 g/mol. The van der Waals surface area contributed by atoms with Crippen LogP contribution in [0.3, 0.4) is 0 Å². The summed E-state index contributed by atoms with van der Waals surface area (Å²) in [5.41, 5.74) is 6.85. The molecule has 5 heteroatoms. The Hall–Kier alpha value is -1.96. The Labute approximate surface area is 100 Å².